The van der Waals surface area contributed by atoms with Crippen LogP contribution in [-0.4, -0.2) is 34.8 Å². The Bertz CT molecular complexity index is 968. The summed E-state index contributed by atoms with van der Waals surface area (Å²) in [4.78, 5) is 0.233. The van der Waals surface area contributed by atoms with Crippen molar-refractivity contribution in [2.75, 3.05) is 30.7 Å². The van der Waals surface area contributed by atoms with Gasteiger partial charge in [-0.05, 0) is 67.0 Å². The van der Waals surface area contributed by atoms with Gasteiger partial charge in [-0.1, -0.05) is 32.9 Å². The number of sulfonamides is 1. The highest BCUT2D eigenvalue weighted by Crippen LogP contribution is 2.29. The molecule has 1 aliphatic rings. The van der Waals surface area contributed by atoms with Crippen LogP contribution >= 0.6 is 0 Å². The summed E-state index contributed by atoms with van der Waals surface area (Å²) in [6.07, 6.45) is 2.86. The largest absolute Gasteiger partial charge is 0.493 e. The molecule has 1 aliphatic heterocycles. The van der Waals surface area contributed by atoms with E-state index in [2.05, 4.69) is 6.92 Å². The first-order valence-corrected chi connectivity index (χ1v) is 12.9. The molecule has 2 aromatic carbocycles. The van der Waals surface area contributed by atoms with Crippen molar-refractivity contribution in [2.24, 2.45) is 17.6 Å². The summed E-state index contributed by atoms with van der Waals surface area (Å²) in [6.45, 7) is 8.84. The molecule has 0 aliphatic carbocycles. The van der Waals surface area contributed by atoms with Gasteiger partial charge in [-0.25, -0.2) is 8.42 Å². The van der Waals surface area contributed by atoms with Crippen LogP contribution in [0.3, 0.4) is 0 Å². The minimum atomic E-state index is -3.75. The van der Waals surface area contributed by atoms with Crippen molar-refractivity contribution in [3.63, 3.8) is 0 Å². The molecule has 32 heavy (non-hydrogen) atoms. The summed E-state index contributed by atoms with van der Waals surface area (Å²) in [5, 5.41) is 0. The highest BCUT2D eigenvalue weighted by atomic mass is 32.2. The molecule has 0 unspecified atom stereocenters. The van der Waals surface area contributed by atoms with Crippen LogP contribution < -0.4 is 14.8 Å². The first-order chi connectivity index (χ1) is 15.3. The van der Waals surface area contributed by atoms with Gasteiger partial charge in [0.2, 0.25) is 0 Å². The Kier molecular flexibility index (Phi) is 8.57. The van der Waals surface area contributed by atoms with Gasteiger partial charge in [0, 0.05) is 31.9 Å². The minimum Gasteiger partial charge on any atom is -0.493 e. The predicted molar refractivity (Wildman–Crippen MR) is 129 cm³/mol. The number of ether oxygens (including phenoxy) is 2. The molecule has 0 radical (unpaired) electrons. The van der Waals surface area contributed by atoms with Crippen molar-refractivity contribution < 1.29 is 17.9 Å². The van der Waals surface area contributed by atoms with E-state index in [4.69, 9.17) is 15.2 Å². The summed E-state index contributed by atoms with van der Waals surface area (Å²) in [6, 6.07) is 12.8. The number of hydrogen-bond donors (Lipinski definition) is 1. The lowest BCUT2D eigenvalue weighted by atomic mass is 10.0. The van der Waals surface area contributed by atoms with Crippen LogP contribution in [0.2, 0.25) is 0 Å². The maximum atomic E-state index is 13.6. The van der Waals surface area contributed by atoms with Gasteiger partial charge in [-0.15, -0.1) is 0 Å². The lowest BCUT2D eigenvalue weighted by Gasteiger charge is -2.27. The van der Waals surface area contributed by atoms with E-state index in [0.29, 0.717) is 36.1 Å². The van der Waals surface area contributed by atoms with Gasteiger partial charge in [0.25, 0.3) is 10.0 Å². The monoisotopic (exact) mass is 460 g/mol. The van der Waals surface area contributed by atoms with Crippen LogP contribution in [0.25, 0.3) is 0 Å². The third-order valence-corrected chi connectivity index (χ3v) is 7.61. The molecular formula is C25H36N2O4S. The Morgan fingerprint density at radius 1 is 1.12 bits per heavy atom. The molecular weight excluding hydrogens is 424 g/mol. The molecule has 0 aromatic heterocycles. The third-order valence-electron chi connectivity index (χ3n) is 5.82. The van der Waals surface area contributed by atoms with Gasteiger partial charge in [0.1, 0.15) is 5.75 Å². The first kappa shape index (κ1) is 24.6. The van der Waals surface area contributed by atoms with Crippen molar-refractivity contribution in [1.29, 1.82) is 0 Å². The Hall–Kier alpha value is -2.09. The van der Waals surface area contributed by atoms with E-state index in [1.807, 2.05) is 38.1 Å². The summed E-state index contributed by atoms with van der Waals surface area (Å²) >= 11 is 0. The van der Waals surface area contributed by atoms with Gasteiger partial charge in [0.05, 0.1) is 17.2 Å². The van der Waals surface area contributed by atoms with Crippen molar-refractivity contribution >= 4 is 15.7 Å². The molecule has 176 valence electrons. The van der Waals surface area contributed by atoms with E-state index in [0.717, 1.165) is 32.5 Å². The molecule has 1 heterocycles. The Morgan fingerprint density at radius 2 is 1.81 bits per heavy atom. The fraction of sp³-hybridized carbons (Fsp3) is 0.520. The lowest BCUT2D eigenvalue weighted by molar-refractivity contribution is 0.0496. The standard InChI is InChI=1S/C25H36N2O4S/c1-4-20-5-7-23(8-6-20)27(17-19(2)3)32(28,29)24-9-10-25(22(15-24)16-26)31-18-21-11-13-30-14-12-21/h5-10,15,19,21H,4,11-14,16-18,26H2,1-3H3. The van der Waals surface area contributed by atoms with Crippen molar-refractivity contribution in [3.8, 4) is 5.75 Å². The Balaban J connectivity index is 1.86. The number of nitrogens with zero attached hydrogens (tertiary/aromatic N) is 1. The normalized spacial score (nSPS) is 15.2. The summed E-state index contributed by atoms with van der Waals surface area (Å²) in [5.74, 6) is 1.28. The molecule has 3 rings (SSSR count). The molecule has 1 fully saturated rings. The van der Waals surface area contributed by atoms with E-state index >= 15 is 0 Å². The fourth-order valence-corrected chi connectivity index (χ4v) is 5.52. The number of nitrogens with two attached hydrogens (primary N) is 1. The Morgan fingerprint density at radius 3 is 2.41 bits per heavy atom. The second kappa shape index (κ2) is 11.2. The molecule has 6 nitrogen and oxygen atoms in total. The quantitative estimate of drug-likeness (QED) is 0.570. The zero-order chi connectivity index (χ0) is 23.1. The number of benzene rings is 2. The molecule has 0 bridgehead atoms. The van der Waals surface area contributed by atoms with E-state index < -0.39 is 10.0 Å². The zero-order valence-corrected chi connectivity index (χ0v) is 20.2. The highest BCUT2D eigenvalue weighted by molar-refractivity contribution is 7.92. The van der Waals surface area contributed by atoms with E-state index in [-0.39, 0.29) is 17.4 Å². The fourth-order valence-electron chi connectivity index (χ4n) is 3.84. The van der Waals surface area contributed by atoms with E-state index in [1.165, 1.54) is 9.87 Å². The first-order valence-electron chi connectivity index (χ1n) is 11.5. The van der Waals surface area contributed by atoms with Crippen LogP contribution in [0, 0.1) is 11.8 Å². The van der Waals surface area contributed by atoms with Crippen LogP contribution in [0.5, 0.6) is 5.75 Å². The topological polar surface area (TPSA) is 81.9 Å². The molecule has 0 atom stereocenters. The van der Waals surface area contributed by atoms with Gasteiger partial charge in [-0.3, -0.25) is 4.31 Å². The molecule has 7 heteroatoms. The zero-order valence-electron chi connectivity index (χ0n) is 19.4. The maximum Gasteiger partial charge on any atom is 0.264 e. The number of anilines is 1. The molecule has 0 amide bonds. The Labute approximate surface area is 192 Å². The molecule has 1 saturated heterocycles. The molecule has 0 saturated carbocycles. The molecule has 2 N–H and O–H groups in total. The number of rotatable bonds is 10. The number of aryl methyl sites for hydroxylation is 1. The van der Waals surface area contributed by atoms with Gasteiger partial charge in [0.15, 0.2) is 0 Å². The summed E-state index contributed by atoms with van der Waals surface area (Å²) in [7, 11) is -3.75. The third kappa shape index (κ3) is 6.03. The van der Waals surface area contributed by atoms with Gasteiger partial charge < -0.3 is 15.2 Å². The van der Waals surface area contributed by atoms with Crippen LogP contribution in [0.1, 0.15) is 44.7 Å². The SMILES string of the molecule is CCc1ccc(N(CC(C)C)S(=O)(=O)c2ccc(OCC3CCOCC3)c(CN)c2)cc1. The molecule has 0 spiro atoms. The van der Waals surface area contributed by atoms with Gasteiger partial charge >= 0.3 is 0 Å². The van der Waals surface area contributed by atoms with Gasteiger partial charge in [-0.2, -0.15) is 0 Å². The summed E-state index contributed by atoms with van der Waals surface area (Å²) in [5.41, 5.74) is 8.51. The number of hydrogen-bond acceptors (Lipinski definition) is 5. The summed E-state index contributed by atoms with van der Waals surface area (Å²) < 4.78 is 40.2. The second-order valence-electron chi connectivity index (χ2n) is 8.79. The lowest BCUT2D eigenvalue weighted by Crippen LogP contribution is -2.34. The highest BCUT2D eigenvalue weighted by Gasteiger charge is 2.27. The van der Waals surface area contributed by atoms with E-state index in [1.54, 1.807) is 18.2 Å². The minimum absolute atomic E-state index is 0.173. The molecule has 2 aromatic rings. The average molecular weight is 461 g/mol. The second-order valence-corrected chi connectivity index (χ2v) is 10.7. The van der Waals surface area contributed by atoms with Crippen molar-refractivity contribution in [3.05, 3.63) is 53.6 Å². The van der Waals surface area contributed by atoms with E-state index in [9.17, 15) is 8.42 Å². The van der Waals surface area contributed by atoms with Crippen LogP contribution in [0.4, 0.5) is 5.69 Å². The van der Waals surface area contributed by atoms with Crippen LogP contribution in [-0.2, 0) is 27.7 Å². The van der Waals surface area contributed by atoms with Crippen LogP contribution in [0.15, 0.2) is 47.4 Å². The van der Waals surface area contributed by atoms with Crippen molar-refractivity contribution in [2.45, 2.75) is 51.5 Å². The maximum absolute atomic E-state index is 13.6. The van der Waals surface area contributed by atoms with Crippen molar-refractivity contribution in [1.82, 2.24) is 0 Å². The predicted octanol–water partition coefficient (Wildman–Crippen LogP) is 4.36. The average Bonchev–Trinajstić information content (AvgIpc) is 2.81. The smallest absolute Gasteiger partial charge is 0.264 e.